The van der Waals surface area contributed by atoms with E-state index >= 15 is 0 Å². The van der Waals surface area contributed by atoms with Crippen LogP contribution in [0, 0.1) is 6.92 Å². The molecule has 1 heterocycles. The summed E-state index contributed by atoms with van der Waals surface area (Å²) in [5.41, 5.74) is 4.77. The fourth-order valence-electron chi connectivity index (χ4n) is 3.02. The van der Waals surface area contributed by atoms with Gasteiger partial charge in [-0.05, 0) is 49.3 Å². The van der Waals surface area contributed by atoms with Crippen molar-refractivity contribution < 1.29 is 9.84 Å². The van der Waals surface area contributed by atoms with E-state index < -0.39 is 6.10 Å². The highest BCUT2D eigenvalue weighted by molar-refractivity contribution is 5.44. The molecule has 0 saturated carbocycles. The van der Waals surface area contributed by atoms with Crippen molar-refractivity contribution in [3.63, 3.8) is 0 Å². The zero-order chi connectivity index (χ0) is 14.7. The fourth-order valence-corrected chi connectivity index (χ4v) is 3.02. The first-order valence-electron chi connectivity index (χ1n) is 7.73. The van der Waals surface area contributed by atoms with Crippen LogP contribution in [0.25, 0.3) is 0 Å². The average Bonchev–Trinajstić information content (AvgIpc) is 2.53. The lowest BCUT2D eigenvalue weighted by molar-refractivity contribution is 0.159. The van der Waals surface area contributed by atoms with Gasteiger partial charge in [0.25, 0.3) is 0 Å². The first-order chi connectivity index (χ1) is 10.3. The largest absolute Gasteiger partial charge is 0.493 e. The number of aryl methyl sites for hydroxylation is 3. The van der Waals surface area contributed by atoms with Gasteiger partial charge in [0.05, 0.1) is 12.7 Å². The standard InChI is InChI=1S/C19H22O2/c1-14-6-2-3-7-15(14)11-12-18(20)17-10-4-8-16-9-5-13-21-19(16)17/h2-4,6-8,10,18,20H,5,9,11-13H2,1H3. The number of hydrogen-bond acceptors (Lipinski definition) is 2. The second-order valence-corrected chi connectivity index (χ2v) is 5.77. The van der Waals surface area contributed by atoms with Crippen LogP contribution >= 0.6 is 0 Å². The van der Waals surface area contributed by atoms with Crippen LogP contribution in [-0.4, -0.2) is 11.7 Å². The molecule has 1 aliphatic heterocycles. The van der Waals surface area contributed by atoms with Gasteiger partial charge in [-0.25, -0.2) is 0 Å². The lowest BCUT2D eigenvalue weighted by atomic mass is 9.95. The van der Waals surface area contributed by atoms with Gasteiger partial charge in [0, 0.05) is 5.56 Å². The molecular formula is C19H22O2. The van der Waals surface area contributed by atoms with E-state index in [1.165, 1.54) is 16.7 Å². The maximum Gasteiger partial charge on any atom is 0.128 e. The summed E-state index contributed by atoms with van der Waals surface area (Å²) >= 11 is 0. The van der Waals surface area contributed by atoms with E-state index in [-0.39, 0.29) is 0 Å². The Morgan fingerprint density at radius 1 is 1.14 bits per heavy atom. The van der Waals surface area contributed by atoms with Crippen molar-refractivity contribution in [3.8, 4) is 5.75 Å². The van der Waals surface area contributed by atoms with Crippen molar-refractivity contribution in [1.82, 2.24) is 0 Å². The van der Waals surface area contributed by atoms with Crippen LogP contribution in [0.5, 0.6) is 5.75 Å². The van der Waals surface area contributed by atoms with Gasteiger partial charge in [0.2, 0.25) is 0 Å². The summed E-state index contributed by atoms with van der Waals surface area (Å²) in [5, 5.41) is 10.5. The van der Waals surface area contributed by atoms with Crippen LogP contribution in [-0.2, 0) is 12.8 Å². The highest BCUT2D eigenvalue weighted by Gasteiger charge is 2.19. The van der Waals surface area contributed by atoms with E-state index in [9.17, 15) is 5.11 Å². The quantitative estimate of drug-likeness (QED) is 0.919. The predicted octanol–water partition coefficient (Wildman–Crippen LogP) is 3.99. The molecule has 1 N–H and O–H groups in total. The minimum absolute atomic E-state index is 0.461. The topological polar surface area (TPSA) is 29.5 Å². The van der Waals surface area contributed by atoms with E-state index in [1.54, 1.807) is 0 Å². The maximum atomic E-state index is 10.5. The van der Waals surface area contributed by atoms with Crippen molar-refractivity contribution in [2.45, 2.75) is 38.7 Å². The molecule has 0 bridgehead atoms. The van der Waals surface area contributed by atoms with Crippen LogP contribution in [0.2, 0.25) is 0 Å². The Balaban J connectivity index is 1.74. The highest BCUT2D eigenvalue weighted by atomic mass is 16.5. The Kier molecular flexibility index (Phi) is 4.26. The summed E-state index contributed by atoms with van der Waals surface area (Å²) in [6.45, 7) is 2.88. The van der Waals surface area contributed by atoms with E-state index in [1.807, 2.05) is 12.1 Å². The number of ether oxygens (including phenoxy) is 1. The Morgan fingerprint density at radius 3 is 2.86 bits per heavy atom. The Labute approximate surface area is 126 Å². The van der Waals surface area contributed by atoms with Crippen molar-refractivity contribution in [3.05, 3.63) is 64.7 Å². The van der Waals surface area contributed by atoms with Gasteiger partial charge in [-0.3, -0.25) is 0 Å². The molecule has 3 rings (SSSR count). The minimum Gasteiger partial charge on any atom is -0.493 e. The van der Waals surface area contributed by atoms with Gasteiger partial charge in [0.1, 0.15) is 5.75 Å². The maximum absolute atomic E-state index is 10.5. The number of aliphatic hydroxyl groups excluding tert-OH is 1. The number of fused-ring (bicyclic) bond motifs is 1. The molecule has 0 fully saturated rings. The number of hydrogen-bond donors (Lipinski definition) is 1. The second-order valence-electron chi connectivity index (χ2n) is 5.77. The summed E-state index contributed by atoms with van der Waals surface area (Å²) in [6.07, 6.45) is 3.27. The molecule has 2 heteroatoms. The Morgan fingerprint density at radius 2 is 2.00 bits per heavy atom. The first-order valence-corrected chi connectivity index (χ1v) is 7.73. The van der Waals surface area contributed by atoms with Crippen molar-refractivity contribution in [2.75, 3.05) is 6.61 Å². The van der Waals surface area contributed by atoms with E-state index in [2.05, 4.69) is 37.3 Å². The molecule has 0 amide bonds. The van der Waals surface area contributed by atoms with Crippen LogP contribution in [0.1, 0.15) is 41.2 Å². The van der Waals surface area contributed by atoms with Crippen molar-refractivity contribution in [1.29, 1.82) is 0 Å². The lowest BCUT2D eigenvalue weighted by Crippen LogP contribution is -2.12. The molecule has 1 unspecified atom stereocenters. The molecule has 0 spiro atoms. The zero-order valence-corrected chi connectivity index (χ0v) is 12.5. The predicted molar refractivity (Wildman–Crippen MR) is 84.7 cm³/mol. The third-order valence-electron chi connectivity index (χ3n) is 4.27. The Bertz CT molecular complexity index is 619. The van der Waals surface area contributed by atoms with Crippen LogP contribution in [0.3, 0.4) is 0 Å². The molecule has 110 valence electrons. The second kappa shape index (κ2) is 6.31. The van der Waals surface area contributed by atoms with Crippen LogP contribution < -0.4 is 4.74 Å². The van der Waals surface area contributed by atoms with E-state index in [0.717, 1.165) is 43.6 Å². The molecule has 2 aromatic rings. The molecule has 0 radical (unpaired) electrons. The Hall–Kier alpha value is -1.80. The van der Waals surface area contributed by atoms with Gasteiger partial charge >= 0.3 is 0 Å². The minimum atomic E-state index is -0.461. The summed E-state index contributed by atoms with van der Waals surface area (Å²) in [7, 11) is 0. The molecule has 0 aliphatic carbocycles. The molecule has 0 aromatic heterocycles. The highest BCUT2D eigenvalue weighted by Crippen LogP contribution is 2.34. The third kappa shape index (κ3) is 3.11. The molecular weight excluding hydrogens is 260 g/mol. The summed E-state index contributed by atoms with van der Waals surface area (Å²) in [6, 6.07) is 14.5. The molecule has 2 nitrogen and oxygen atoms in total. The van der Waals surface area contributed by atoms with Gasteiger partial charge < -0.3 is 9.84 Å². The van der Waals surface area contributed by atoms with Gasteiger partial charge in [0.15, 0.2) is 0 Å². The number of para-hydroxylation sites is 1. The number of benzene rings is 2. The normalized spacial score (nSPS) is 15.1. The summed E-state index contributed by atoms with van der Waals surface area (Å²) in [5.74, 6) is 0.918. The molecule has 1 atom stereocenters. The van der Waals surface area contributed by atoms with Crippen molar-refractivity contribution in [2.24, 2.45) is 0 Å². The molecule has 0 saturated heterocycles. The SMILES string of the molecule is Cc1ccccc1CCC(O)c1cccc2c1OCCC2. The van der Waals surface area contributed by atoms with Crippen LogP contribution in [0.15, 0.2) is 42.5 Å². The van der Waals surface area contributed by atoms with E-state index in [4.69, 9.17) is 4.74 Å². The van der Waals surface area contributed by atoms with Gasteiger partial charge in [-0.1, -0.05) is 42.5 Å². The number of aliphatic hydroxyl groups is 1. The van der Waals surface area contributed by atoms with Gasteiger partial charge in [-0.15, -0.1) is 0 Å². The smallest absolute Gasteiger partial charge is 0.128 e. The van der Waals surface area contributed by atoms with E-state index in [0.29, 0.717) is 0 Å². The fraction of sp³-hybridized carbons (Fsp3) is 0.368. The van der Waals surface area contributed by atoms with Crippen molar-refractivity contribution >= 4 is 0 Å². The third-order valence-corrected chi connectivity index (χ3v) is 4.27. The average molecular weight is 282 g/mol. The summed E-state index contributed by atoms with van der Waals surface area (Å²) in [4.78, 5) is 0. The lowest BCUT2D eigenvalue weighted by Gasteiger charge is -2.23. The number of rotatable bonds is 4. The molecule has 21 heavy (non-hydrogen) atoms. The summed E-state index contributed by atoms with van der Waals surface area (Å²) < 4.78 is 5.79. The zero-order valence-electron chi connectivity index (χ0n) is 12.5. The van der Waals surface area contributed by atoms with Gasteiger partial charge in [-0.2, -0.15) is 0 Å². The van der Waals surface area contributed by atoms with Crippen LogP contribution in [0.4, 0.5) is 0 Å². The molecule has 2 aromatic carbocycles. The first kappa shape index (κ1) is 14.2. The molecule has 1 aliphatic rings. The monoisotopic (exact) mass is 282 g/mol.